The second-order valence-corrected chi connectivity index (χ2v) is 4.50. The lowest BCUT2D eigenvalue weighted by Crippen LogP contribution is -2.41. The van der Waals surface area contributed by atoms with Gasteiger partial charge in [-0.1, -0.05) is 6.92 Å². The molecule has 0 aromatic carbocycles. The van der Waals surface area contributed by atoms with Gasteiger partial charge in [0.25, 0.3) is 0 Å². The molecule has 0 bridgehead atoms. The quantitative estimate of drug-likeness (QED) is 0.650. The zero-order valence-electron chi connectivity index (χ0n) is 10.3. The topological polar surface area (TPSA) is 24.5 Å². The van der Waals surface area contributed by atoms with Gasteiger partial charge in [0.2, 0.25) is 0 Å². The minimum atomic E-state index is 0.743. The summed E-state index contributed by atoms with van der Waals surface area (Å²) in [5.41, 5.74) is 0. The van der Waals surface area contributed by atoms with E-state index in [0.29, 0.717) is 0 Å². The van der Waals surface area contributed by atoms with Gasteiger partial charge in [-0.15, -0.1) is 0 Å². The average Bonchev–Trinajstić information content (AvgIpc) is 2.26. The van der Waals surface area contributed by atoms with Crippen molar-refractivity contribution < 1.29 is 4.74 Å². The molecule has 1 N–H and O–H groups in total. The van der Waals surface area contributed by atoms with Crippen LogP contribution in [0.25, 0.3) is 0 Å². The Morgan fingerprint density at radius 3 is 2.67 bits per heavy atom. The van der Waals surface area contributed by atoms with Crippen LogP contribution in [0.15, 0.2) is 0 Å². The van der Waals surface area contributed by atoms with Crippen LogP contribution in [0.3, 0.4) is 0 Å². The monoisotopic (exact) mass is 214 g/mol. The van der Waals surface area contributed by atoms with Gasteiger partial charge in [0.05, 0.1) is 0 Å². The molecule has 0 saturated carbocycles. The van der Waals surface area contributed by atoms with Crippen LogP contribution in [0.5, 0.6) is 0 Å². The van der Waals surface area contributed by atoms with Gasteiger partial charge < -0.3 is 15.0 Å². The number of rotatable bonds is 7. The zero-order valence-corrected chi connectivity index (χ0v) is 10.3. The molecule has 0 aromatic rings. The third-order valence-corrected chi connectivity index (χ3v) is 2.97. The standard InChI is InChI=1S/C12H26N2O/c1-3-10-15-11-4-7-13-12-5-8-14(2)9-6-12/h12-13H,3-11H2,1-2H3. The van der Waals surface area contributed by atoms with E-state index in [1.807, 2.05) is 0 Å². The predicted octanol–water partition coefficient (Wildman–Crippen LogP) is 1.49. The summed E-state index contributed by atoms with van der Waals surface area (Å²) in [6.45, 7) is 7.56. The Balaban J connectivity index is 1.87. The zero-order chi connectivity index (χ0) is 10.9. The maximum Gasteiger partial charge on any atom is 0.0478 e. The maximum atomic E-state index is 5.44. The van der Waals surface area contributed by atoms with E-state index in [1.54, 1.807) is 0 Å². The highest BCUT2D eigenvalue weighted by Crippen LogP contribution is 2.07. The van der Waals surface area contributed by atoms with Crippen LogP contribution in [0.2, 0.25) is 0 Å². The van der Waals surface area contributed by atoms with Crippen molar-refractivity contribution in [3.8, 4) is 0 Å². The van der Waals surface area contributed by atoms with Gasteiger partial charge in [0, 0.05) is 19.3 Å². The maximum absolute atomic E-state index is 5.44. The van der Waals surface area contributed by atoms with Crippen LogP contribution in [-0.2, 0) is 4.74 Å². The Morgan fingerprint density at radius 1 is 1.27 bits per heavy atom. The lowest BCUT2D eigenvalue weighted by Gasteiger charge is -2.29. The molecule has 1 heterocycles. The fourth-order valence-electron chi connectivity index (χ4n) is 1.94. The van der Waals surface area contributed by atoms with Crippen LogP contribution >= 0.6 is 0 Å². The number of hydrogen-bond donors (Lipinski definition) is 1. The third-order valence-electron chi connectivity index (χ3n) is 2.97. The molecule has 0 atom stereocenters. The highest BCUT2D eigenvalue weighted by atomic mass is 16.5. The SMILES string of the molecule is CCCOCCCNC1CCN(C)CC1. The summed E-state index contributed by atoms with van der Waals surface area (Å²) in [4.78, 5) is 2.41. The minimum absolute atomic E-state index is 0.743. The van der Waals surface area contributed by atoms with Crippen molar-refractivity contribution in [2.24, 2.45) is 0 Å². The Kier molecular flexibility index (Phi) is 6.98. The minimum Gasteiger partial charge on any atom is -0.381 e. The van der Waals surface area contributed by atoms with Crippen LogP contribution in [0.1, 0.15) is 32.6 Å². The molecule has 1 saturated heterocycles. The van der Waals surface area contributed by atoms with Crippen molar-refractivity contribution in [1.82, 2.24) is 10.2 Å². The molecule has 0 aromatic heterocycles. The van der Waals surface area contributed by atoms with Crippen molar-refractivity contribution in [2.45, 2.75) is 38.6 Å². The van der Waals surface area contributed by atoms with E-state index in [9.17, 15) is 0 Å². The van der Waals surface area contributed by atoms with Gasteiger partial charge in [0.15, 0.2) is 0 Å². The van der Waals surface area contributed by atoms with Crippen molar-refractivity contribution in [1.29, 1.82) is 0 Å². The van der Waals surface area contributed by atoms with Gasteiger partial charge in [-0.05, 0) is 52.4 Å². The molecule has 1 aliphatic heterocycles. The summed E-state index contributed by atoms with van der Waals surface area (Å²) in [6, 6.07) is 0.743. The van der Waals surface area contributed by atoms with Gasteiger partial charge in [-0.25, -0.2) is 0 Å². The molecule has 0 spiro atoms. The highest BCUT2D eigenvalue weighted by Gasteiger charge is 2.14. The van der Waals surface area contributed by atoms with Crippen molar-refractivity contribution in [3.05, 3.63) is 0 Å². The second kappa shape index (κ2) is 8.08. The van der Waals surface area contributed by atoms with E-state index in [1.165, 1.54) is 25.9 Å². The lowest BCUT2D eigenvalue weighted by molar-refractivity contribution is 0.130. The molecule has 1 aliphatic rings. The van der Waals surface area contributed by atoms with Crippen LogP contribution in [-0.4, -0.2) is 50.8 Å². The molecule has 90 valence electrons. The van der Waals surface area contributed by atoms with Crippen LogP contribution < -0.4 is 5.32 Å². The smallest absolute Gasteiger partial charge is 0.0478 e. The Labute approximate surface area is 94.2 Å². The largest absolute Gasteiger partial charge is 0.381 e. The normalized spacial score (nSPS) is 19.6. The first-order valence-corrected chi connectivity index (χ1v) is 6.32. The fourth-order valence-corrected chi connectivity index (χ4v) is 1.94. The second-order valence-electron chi connectivity index (χ2n) is 4.50. The van der Waals surface area contributed by atoms with Crippen LogP contribution in [0, 0.1) is 0 Å². The lowest BCUT2D eigenvalue weighted by atomic mass is 10.1. The molecular formula is C12H26N2O. The first-order valence-electron chi connectivity index (χ1n) is 6.32. The molecule has 1 fully saturated rings. The van der Waals surface area contributed by atoms with Gasteiger partial charge in [-0.3, -0.25) is 0 Å². The Hall–Kier alpha value is -0.120. The molecule has 0 amide bonds. The van der Waals surface area contributed by atoms with E-state index < -0.39 is 0 Å². The summed E-state index contributed by atoms with van der Waals surface area (Å²) in [6.07, 6.45) is 4.87. The number of piperidine rings is 1. The molecular weight excluding hydrogens is 188 g/mol. The summed E-state index contributed by atoms with van der Waals surface area (Å²) < 4.78 is 5.44. The van der Waals surface area contributed by atoms with Gasteiger partial charge in [-0.2, -0.15) is 0 Å². The molecule has 0 aliphatic carbocycles. The number of hydrogen-bond acceptors (Lipinski definition) is 3. The molecule has 0 radical (unpaired) electrons. The first-order chi connectivity index (χ1) is 7.33. The highest BCUT2D eigenvalue weighted by molar-refractivity contribution is 4.75. The Morgan fingerprint density at radius 2 is 2.00 bits per heavy atom. The molecule has 15 heavy (non-hydrogen) atoms. The molecule has 1 rings (SSSR count). The predicted molar refractivity (Wildman–Crippen MR) is 64.2 cm³/mol. The van der Waals surface area contributed by atoms with Gasteiger partial charge in [0.1, 0.15) is 0 Å². The van der Waals surface area contributed by atoms with Crippen LogP contribution in [0.4, 0.5) is 0 Å². The van der Waals surface area contributed by atoms with Gasteiger partial charge >= 0.3 is 0 Å². The number of likely N-dealkylation sites (tertiary alicyclic amines) is 1. The van der Waals surface area contributed by atoms with E-state index in [-0.39, 0.29) is 0 Å². The third kappa shape index (κ3) is 6.13. The Bertz CT molecular complexity index is 145. The van der Waals surface area contributed by atoms with Crippen molar-refractivity contribution in [3.63, 3.8) is 0 Å². The van der Waals surface area contributed by atoms with E-state index in [2.05, 4.69) is 24.2 Å². The van der Waals surface area contributed by atoms with E-state index >= 15 is 0 Å². The number of nitrogens with zero attached hydrogens (tertiary/aromatic N) is 1. The summed E-state index contributed by atoms with van der Waals surface area (Å²) >= 11 is 0. The fraction of sp³-hybridized carbons (Fsp3) is 1.00. The molecule has 0 unspecified atom stereocenters. The molecule has 3 heteroatoms. The summed E-state index contributed by atoms with van der Waals surface area (Å²) in [5.74, 6) is 0. The summed E-state index contributed by atoms with van der Waals surface area (Å²) in [7, 11) is 2.20. The average molecular weight is 214 g/mol. The van der Waals surface area contributed by atoms with Crippen molar-refractivity contribution >= 4 is 0 Å². The van der Waals surface area contributed by atoms with E-state index in [0.717, 1.165) is 38.6 Å². The molecule has 3 nitrogen and oxygen atoms in total. The number of nitrogens with one attached hydrogen (secondary N) is 1. The van der Waals surface area contributed by atoms with Crippen molar-refractivity contribution in [2.75, 3.05) is 39.9 Å². The summed E-state index contributed by atoms with van der Waals surface area (Å²) in [5, 5.41) is 3.61. The first kappa shape index (κ1) is 12.9. The van der Waals surface area contributed by atoms with E-state index in [4.69, 9.17) is 4.74 Å². The number of ether oxygens (including phenoxy) is 1.